The Morgan fingerprint density at radius 3 is 2.42 bits per heavy atom. The molecule has 0 radical (unpaired) electrons. The molecule has 1 aliphatic heterocycles. The Labute approximate surface area is 163 Å². The maximum atomic E-state index is 13.0. The smallest absolute Gasteiger partial charge is 0.405 e. The Bertz CT molecular complexity index is 717. The summed E-state index contributed by atoms with van der Waals surface area (Å²) in [4.78, 5) is 1.23. The maximum Gasteiger partial charge on any atom is 0.405 e. The summed E-state index contributed by atoms with van der Waals surface area (Å²) in [5.41, 5.74) is 7.19. The molecule has 0 spiro atoms. The van der Waals surface area contributed by atoms with Crippen LogP contribution in [0, 0.1) is 0 Å². The van der Waals surface area contributed by atoms with Gasteiger partial charge in [0, 0.05) is 28.2 Å². The molecule has 9 heteroatoms. The van der Waals surface area contributed by atoms with E-state index in [0.29, 0.717) is 27.4 Å². The average Bonchev–Trinajstić information content (AvgIpc) is 2.46. The van der Waals surface area contributed by atoms with Crippen molar-refractivity contribution in [3.63, 3.8) is 0 Å². The Kier molecular flexibility index (Phi) is 5.91. The zero-order valence-electron chi connectivity index (χ0n) is 15.2. The van der Waals surface area contributed by atoms with Crippen LogP contribution in [0.25, 0.3) is 5.70 Å². The minimum absolute atomic E-state index is 0.0626. The van der Waals surface area contributed by atoms with Gasteiger partial charge >= 0.3 is 13.7 Å². The van der Waals surface area contributed by atoms with Crippen molar-refractivity contribution in [3.8, 4) is 0 Å². The Morgan fingerprint density at radius 1 is 1.27 bits per heavy atom. The van der Waals surface area contributed by atoms with Crippen molar-refractivity contribution < 1.29 is 17.8 Å². The van der Waals surface area contributed by atoms with E-state index in [4.69, 9.17) is 22.0 Å². The van der Waals surface area contributed by atoms with Gasteiger partial charge in [0.05, 0.1) is 10.6 Å². The molecule has 0 amide bonds. The van der Waals surface area contributed by atoms with E-state index in [1.165, 1.54) is 4.90 Å². The number of hydrogen-bond acceptors (Lipinski definition) is 4. The summed E-state index contributed by atoms with van der Waals surface area (Å²) in [6.45, 7) is 6.61. The first-order chi connectivity index (χ1) is 11.7. The molecule has 0 saturated carbocycles. The Balaban J connectivity index is 2.43. The van der Waals surface area contributed by atoms with E-state index in [1.807, 2.05) is 27.7 Å². The van der Waals surface area contributed by atoms with Gasteiger partial charge in [-0.2, -0.15) is 25.8 Å². The molecule has 1 aliphatic rings. The molecule has 26 heavy (non-hydrogen) atoms. The first-order valence-corrected chi connectivity index (χ1v) is 9.01. The third-order valence-corrected chi connectivity index (χ3v) is 5.63. The van der Waals surface area contributed by atoms with Gasteiger partial charge in [-0.1, -0.05) is 17.7 Å². The van der Waals surface area contributed by atoms with Gasteiger partial charge in [-0.05, 0) is 45.3 Å². The van der Waals surface area contributed by atoms with Crippen LogP contribution in [-0.4, -0.2) is 37.1 Å². The molecule has 0 bridgehead atoms. The molecule has 0 aliphatic carbocycles. The van der Waals surface area contributed by atoms with Crippen LogP contribution in [0.3, 0.4) is 0 Å². The highest BCUT2D eigenvalue weighted by molar-refractivity contribution is 7.81. The standard InChI is InChI=1S/C17H23BClF3N2OS/c1-15(2,16(3,4)26)25-18-10-5-6-11(19)13-12(23)7-8-24(14(10)13)9-17(20,21)22/h5-7,18,26H,8-9,23H2,1-4H3. The third-order valence-electron chi connectivity index (χ3n) is 4.78. The van der Waals surface area contributed by atoms with Crippen molar-refractivity contribution in [1.29, 1.82) is 0 Å². The highest BCUT2D eigenvalue weighted by atomic mass is 35.5. The predicted octanol–water partition coefficient (Wildman–Crippen LogP) is 3.50. The fourth-order valence-corrected chi connectivity index (χ4v) is 2.88. The van der Waals surface area contributed by atoms with Crippen molar-refractivity contribution in [2.75, 3.05) is 18.0 Å². The number of benzene rings is 1. The zero-order valence-corrected chi connectivity index (χ0v) is 16.9. The van der Waals surface area contributed by atoms with Crippen LogP contribution in [-0.2, 0) is 4.65 Å². The van der Waals surface area contributed by atoms with Gasteiger partial charge in [0.25, 0.3) is 0 Å². The monoisotopic (exact) mass is 406 g/mol. The molecule has 3 nitrogen and oxygen atoms in total. The van der Waals surface area contributed by atoms with Gasteiger partial charge in [0.2, 0.25) is 0 Å². The lowest BCUT2D eigenvalue weighted by molar-refractivity contribution is -0.119. The Morgan fingerprint density at radius 2 is 1.88 bits per heavy atom. The van der Waals surface area contributed by atoms with Crippen LogP contribution in [0.15, 0.2) is 18.2 Å². The molecule has 1 heterocycles. The number of nitrogens with zero attached hydrogens (tertiary/aromatic N) is 1. The van der Waals surface area contributed by atoms with Crippen LogP contribution in [0.5, 0.6) is 0 Å². The SMILES string of the molecule is CC(C)(S)C(C)(C)OBc1ccc(Cl)c2c1N(CC(F)(F)F)CC=C2N. The molecule has 0 aromatic heterocycles. The minimum atomic E-state index is -4.34. The number of rotatable bonds is 5. The molecule has 2 rings (SSSR count). The van der Waals surface area contributed by atoms with E-state index in [9.17, 15) is 13.2 Å². The molecular formula is C17H23BClF3N2OS. The molecular weight excluding hydrogens is 384 g/mol. The van der Waals surface area contributed by atoms with Gasteiger partial charge in [0.15, 0.2) is 0 Å². The van der Waals surface area contributed by atoms with E-state index < -0.39 is 23.1 Å². The lowest BCUT2D eigenvalue weighted by atomic mass is 9.80. The van der Waals surface area contributed by atoms with Crippen LogP contribution >= 0.6 is 24.2 Å². The van der Waals surface area contributed by atoms with Crippen LogP contribution in [0.4, 0.5) is 18.9 Å². The maximum absolute atomic E-state index is 13.0. The fraction of sp³-hybridized carbons (Fsp3) is 0.529. The summed E-state index contributed by atoms with van der Waals surface area (Å²) in [7, 11) is 0.123. The van der Waals surface area contributed by atoms with Crippen molar-refractivity contribution >= 4 is 48.6 Å². The molecule has 1 aromatic rings. The van der Waals surface area contributed by atoms with Gasteiger partial charge in [-0.3, -0.25) is 0 Å². The van der Waals surface area contributed by atoms with Crippen molar-refractivity contribution in [2.45, 2.75) is 44.2 Å². The highest BCUT2D eigenvalue weighted by Crippen LogP contribution is 2.36. The number of alkyl halides is 3. The normalized spacial score (nSPS) is 15.6. The van der Waals surface area contributed by atoms with Gasteiger partial charge in [-0.15, -0.1) is 0 Å². The van der Waals surface area contributed by atoms with E-state index in [1.54, 1.807) is 18.2 Å². The van der Waals surface area contributed by atoms with E-state index in [2.05, 4.69) is 12.6 Å². The topological polar surface area (TPSA) is 38.5 Å². The average molecular weight is 407 g/mol. The molecule has 1 aromatic carbocycles. The summed E-state index contributed by atoms with van der Waals surface area (Å²) < 4.78 is 44.7. The third kappa shape index (κ3) is 4.64. The zero-order chi connectivity index (χ0) is 19.9. The van der Waals surface area contributed by atoms with Crippen LogP contribution in [0.1, 0.15) is 33.3 Å². The van der Waals surface area contributed by atoms with Gasteiger partial charge in [-0.25, -0.2) is 0 Å². The summed E-state index contributed by atoms with van der Waals surface area (Å²) >= 11 is 10.8. The van der Waals surface area contributed by atoms with E-state index in [-0.39, 0.29) is 14.0 Å². The molecule has 0 unspecified atom stereocenters. The van der Waals surface area contributed by atoms with Crippen LogP contribution < -0.4 is 16.1 Å². The largest absolute Gasteiger partial charge is 0.428 e. The highest BCUT2D eigenvalue weighted by Gasteiger charge is 2.37. The van der Waals surface area contributed by atoms with Crippen LogP contribution in [0.2, 0.25) is 5.02 Å². The molecule has 0 saturated heterocycles. The second-order valence-corrected chi connectivity index (χ2v) is 8.97. The number of thiol groups is 1. The summed E-state index contributed by atoms with van der Waals surface area (Å²) in [5.74, 6) is 0. The summed E-state index contributed by atoms with van der Waals surface area (Å²) in [6.07, 6.45) is -2.80. The summed E-state index contributed by atoms with van der Waals surface area (Å²) in [6, 6.07) is 3.32. The lowest BCUT2D eigenvalue weighted by Crippen LogP contribution is -2.47. The van der Waals surface area contributed by atoms with Gasteiger partial charge < -0.3 is 15.3 Å². The second kappa shape index (κ2) is 7.21. The number of nitrogens with two attached hydrogens (primary N) is 1. The molecule has 0 fully saturated rings. The minimum Gasteiger partial charge on any atom is -0.428 e. The van der Waals surface area contributed by atoms with E-state index >= 15 is 0 Å². The first kappa shape index (κ1) is 21.3. The van der Waals surface area contributed by atoms with Crippen molar-refractivity contribution in [2.24, 2.45) is 5.73 Å². The predicted molar refractivity (Wildman–Crippen MR) is 107 cm³/mol. The summed E-state index contributed by atoms with van der Waals surface area (Å²) in [5, 5.41) is 0.318. The fourth-order valence-electron chi connectivity index (χ4n) is 2.56. The molecule has 144 valence electrons. The van der Waals surface area contributed by atoms with Gasteiger partial charge in [0.1, 0.15) is 6.54 Å². The second-order valence-electron chi connectivity index (χ2n) is 7.44. The van der Waals surface area contributed by atoms with Crippen molar-refractivity contribution in [1.82, 2.24) is 0 Å². The number of halogens is 4. The van der Waals surface area contributed by atoms with E-state index in [0.717, 1.165) is 0 Å². The number of hydrogen-bond donors (Lipinski definition) is 2. The number of fused-ring (bicyclic) bond motifs is 1. The van der Waals surface area contributed by atoms with Crippen molar-refractivity contribution in [3.05, 3.63) is 28.8 Å². The number of anilines is 1. The Hall–Kier alpha value is -0.985. The first-order valence-electron chi connectivity index (χ1n) is 8.18. The molecule has 2 N–H and O–H groups in total. The quantitative estimate of drug-likeness (QED) is 0.581. The molecule has 0 atom stereocenters. The lowest BCUT2D eigenvalue weighted by Gasteiger charge is -2.39.